The van der Waals surface area contributed by atoms with Crippen LogP contribution in [0.3, 0.4) is 0 Å². The van der Waals surface area contributed by atoms with Crippen LogP contribution in [0, 0.1) is 11.3 Å². The monoisotopic (exact) mass is 293 g/mol. The summed E-state index contributed by atoms with van der Waals surface area (Å²) in [6.07, 6.45) is 2.66. The van der Waals surface area contributed by atoms with Crippen molar-refractivity contribution in [3.8, 4) is 6.07 Å². The number of nitrogens with one attached hydrogen (secondary N) is 1. The summed E-state index contributed by atoms with van der Waals surface area (Å²) in [5.74, 6) is 0. The van der Waals surface area contributed by atoms with E-state index in [9.17, 15) is 0 Å². The summed E-state index contributed by atoms with van der Waals surface area (Å²) >= 11 is 3.41. The first-order chi connectivity index (χ1) is 8.28. The maximum Gasteiger partial charge on any atom is 0.0992 e. The minimum absolute atomic E-state index is 0.683. The second kappa shape index (κ2) is 6.04. The van der Waals surface area contributed by atoms with Crippen molar-refractivity contribution in [1.82, 2.24) is 4.90 Å². The Labute approximate surface area is 111 Å². The molecule has 2 rings (SSSR count). The number of nitriles is 1. The topological polar surface area (TPSA) is 39.1 Å². The third-order valence-electron chi connectivity index (χ3n) is 2.98. The molecule has 0 spiro atoms. The summed E-state index contributed by atoms with van der Waals surface area (Å²) in [6.45, 7) is 4.46. The lowest BCUT2D eigenvalue weighted by molar-refractivity contribution is 0.352. The number of halogens is 1. The number of nitrogens with zero attached hydrogens (tertiary/aromatic N) is 2. The van der Waals surface area contributed by atoms with Gasteiger partial charge in [-0.15, -0.1) is 0 Å². The van der Waals surface area contributed by atoms with Gasteiger partial charge in [0.15, 0.2) is 0 Å². The minimum Gasteiger partial charge on any atom is -0.384 e. The number of benzene rings is 1. The van der Waals surface area contributed by atoms with Crippen LogP contribution in [0.1, 0.15) is 18.4 Å². The molecule has 90 valence electrons. The summed E-state index contributed by atoms with van der Waals surface area (Å²) in [6, 6.07) is 7.87. The van der Waals surface area contributed by atoms with Crippen molar-refractivity contribution in [2.75, 3.05) is 31.5 Å². The average molecular weight is 294 g/mol. The molecule has 1 N–H and O–H groups in total. The van der Waals surface area contributed by atoms with Gasteiger partial charge in [-0.3, -0.25) is 0 Å². The minimum atomic E-state index is 0.683. The summed E-state index contributed by atoms with van der Waals surface area (Å²) in [7, 11) is 0. The maximum absolute atomic E-state index is 8.88. The fourth-order valence-corrected chi connectivity index (χ4v) is 2.61. The highest BCUT2D eigenvalue weighted by Crippen LogP contribution is 2.19. The number of likely N-dealkylation sites (tertiary alicyclic amines) is 1. The second-order valence-electron chi connectivity index (χ2n) is 4.32. The van der Waals surface area contributed by atoms with E-state index in [0.29, 0.717) is 5.56 Å². The largest absolute Gasteiger partial charge is 0.384 e. The Balaban J connectivity index is 1.85. The molecule has 0 aliphatic carbocycles. The lowest BCUT2D eigenvalue weighted by Gasteiger charge is -2.15. The van der Waals surface area contributed by atoms with Crippen molar-refractivity contribution in [3.05, 3.63) is 28.2 Å². The van der Waals surface area contributed by atoms with E-state index >= 15 is 0 Å². The van der Waals surface area contributed by atoms with Gasteiger partial charge in [0.1, 0.15) is 0 Å². The average Bonchev–Trinajstić information content (AvgIpc) is 2.81. The molecule has 1 aromatic carbocycles. The van der Waals surface area contributed by atoms with Crippen molar-refractivity contribution in [3.63, 3.8) is 0 Å². The van der Waals surface area contributed by atoms with E-state index in [-0.39, 0.29) is 0 Å². The van der Waals surface area contributed by atoms with Crippen LogP contribution in [0.5, 0.6) is 0 Å². The normalized spacial score (nSPS) is 15.8. The number of hydrogen-bond donors (Lipinski definition) is 1. The zero-order chi connectivity index (χ0) is 12.1. The third kappa shape index (κ3) is 3.72. The molecule has 1 heterocycles. The van der Waals surface area contributed by atoms with E-state index in [1.807, 2.05) is 18.2 Å². The fraction of sp³-hybridized carbons (Fsp3) is 0.462. The van der Waals surface area contributed by atoms with Gasteiger partial charge in [0.25, 0.3) is 0 Å². The third-order valence-corrected chi connectivity index (χ3v) is 3.44. The fourth-order valence-electron chi connectivity index (χ4n) is 2.12. The van der Waals surface area contributed by atoms with Crippen LogP contribution in [0.2, 0.25) is 0 Å². The van der Waals surface area contributed by atoms with E-state index in [4.69, 9.17) is 5.26 Å². The zero-order valence-corrected chi connectivity index (χ0v) is 11.3. The molecule has 17 heavy (non-hydrogen) atoms. The summed E-state index contributed by atoms with van der Waals surface area (Å²) in [5.41, 5.74) is 1.69. The standard InChI is InChI=1S/C13H16BrN3/c14-12-7-11(10-15)8-13(9-12)16-3-6-17-4-1-2-5-17/h7-9,16H,1-6H2. The van der Waals surface area contributed by atoms with Crippen LogP contribution in [0.15, 0.2) is 22.7 Å². The molecule has 0 atom stereocenters. The Hall–Kier alpha value is -1.05. The van der Waals surface area contributed by atoms with Gasteiger partial charge in [-0.1, -0.05) is 15.9 Å². The van der Waals surface area contributed by atoms with Gasteiger partial charge in [0, 0.05) is 23.2 Å². The van der Waals surface area contributed by atoms with Crippen LogP contribution in [0.4, 0.5) is 5.69 Å². The molecule has 0 saturated carbocycles. The van der Waals surface area contributed by atoms with E-state index in [2.05, 4.69) is 32.2 Å². The highest BCUT2D eigenvalue weighted by Gasteiger charge is 2.10. The van der Waals surface area contributed by atoms with Crippen LogP contribution in [0.25, 0.3) is 0 Å². The first kappa shape index (κ1) is 12.4. The second-order valence-corrected chi connectivity index (χ2v) is 5.23. The molecule has 4 heteroatoms. The van der Waals surface area contributed by atoms with Crippen LogP contribution in [-0.2, 0) is 0 Å². The van der Waals surface area contributed by atoms with Crippen molar-refractivity contribution in [2.45, 2.75) is 12.8 Å². The smallest absolute Gasteiger partial charge is 0.0992 e. The highest BCUT2D eigenvalue weighted by atomic mass is 79.9. The maximum atomic E-state index is 8.88. The van der Waals surface area contributed by atoms with Gasteiger partial charge in [0.2, 0.25) is 0 Å². The van der Waals surface area contributed by atoms with E-state index in [1.54, 1.807) is 0 Å². The Morgan fingerprint density at radius 3 is 2.76 bits per heavy atom. The van der Waals surface area contributed by atoms with Gasteiger partial charge in [0.05, 0.1) is 11.6 Å². The molecule has 1 fully saturated rings. The lowest BCUT2D eigenvalue weighted by atomic mass is 10.2. The first-order valence-electron chi connectivity index (χ1n) is 5.95. The van der Waals surface area contributed by atoms with Gasteiger partial charge in [-0.05, 0) is 44.1 Å². The number of anilines is 1. The van der Waals surface area contributed by atoms with Crippen LogP contribution in [-0.4, -0.2) is 31.1 Å². The predicted octanol–water partition coefficient (Wildman–Crippen LogP) is 2.83. The zero-order valence-electron chi connectivity index (χ0n) is 9.75. The molecular formula is C13H16BrN3. The van der Waals surface area contributed by atoms with Crippen molar-refractivity contribution >= 4 is 21.6 Å². The molecule has 0 amide bonds. The molecule has 0 unspecified atom stereocenters. The van der Waals surface area contributed by atoms with Gasteiger partial charge >= 0.3 is 0 Å². The first-order valence-corrected chi connectivity index (χ1v) is 6.74. The molecule has 1 aliphatic rings. The lowest BCUT2D eigenvalue weighted by Crippen LogP contribution is -2.25. The van der Waals surface area contributed by atoms with Crippen LogP contribution >= 0.6 is 15.9 Å². The predicted molar refractivity (Wildman–Crippen MR) is 73.0 cm³/mol. The summed E-state index contributed by atoms with van der Waals surface area (Å²) in [4.78, 5) is 2.47. The summed E-state index contributed by atoms with van der Waals surface area (Å²) in [5, 5.41) is 12.2. The Kier molecular flexibility index (Phi) is 4.41. The van der Waals surface area contributed by atoms with Gasteiger partial charge in [-0.2, -0.15) is 5.26 Å². The molecule has 3 nitrogen and oxygen atoms in total. The Morgan fingerprint density at radius 2 is 2.06 bits per heavy atom. The molecular weight excluding hydrogens is 278 g/mol. The molecule has 1 aliphatic heterocycles. The van der Waals surface area contributed by atoms with Gasteiger partial charge in [-0.25, -0.2) is 0 Å². The SMILES string of the molecule is N#Cc1cc(Br)cc(NCCN2CCCC2)c1. The van der Waals surface area contributed by atoms with E-state index < -0.39 is 0 Å². The molecule has 0 aromatic heterocycles. The molecule has 1 saturated heterocycles. The van der Waals surface area contributed by atoms with Crippen molar-refractivity contribution in [2.24, 2.45) is 0 Å². The van der Waals surface area contributed by atoms with E-state index in [0.717, 1.165) is 23.2 Å². The molecule has 0 bridgehead atoms. The van der Waals surface area contributed by atoms with Crippen molar-refractivity contribution < 1.29 is 0 Å². The molecule has 0 radical (unpaired) electrons. The highest BCUT2D eigenvalue weighted by molar-refractivity contribution is 9.10. The quantitative estimate of drug-likeness (QED) is 0.928. The number of hydrogen-bond acceptors (Lipinski definition) is 3. The summed E-state index contributed by atoms with van der Waals surface area (Å²) < 4.78 is 0.945. The Bertz CT molecular complexity index is 419. The van der Waals surface area contributed by atoms with Crippen molar-refractivity contribution in [1.29, 1.82) is 5.26 Å². The molecule has 1 aromatic rings. The Morgan fingerprint density at radius 1 is 1.29 bits per heavy atom. The van der Waals surface area contributed by atoms with Gasteiger partial charge < -0.3 is 10.2 Å². The number of rotatable bonds is 4. The van der Waals surface area contributed by atoms with Crippen LogP contribution < -0.4 is 5.32 Å². The van der Waals surface area contributed by atoms with E-state index in [1.165, 1.54) is 25.9 Å².